The largest absolute Gasteiger partial charge is 0.385 e. The predicted molar refractivity (Wildman–Crippen MR) is 63.4 cm³/mol. The van der Waals surface area contributed by atoms with Crippen LogP contribution >= 0.6 is 0 Å². The molecule has 1 aliphatic carbocycles. The number of rotatable bonds is 2. The minimum absolute atomic E-state index is 0.470. The molecule has 1 heterocycles. The number of aliphatic hydroxyl groups is 1. The van der Waals surface area contributed by atoms with E-state index in [-0.39, 0.29) is 0 Å². The molecule has 4 heteroatoms. The number of benzene rings is 1. The number of hydrogen-bond acceptors (Lipinski definition) is 3. The minimum Gasteiger partial charge on any atom is -0.385 e. The Morgan fingerprint density at radius 1 is 1.53 bits per heavy atom. The Labute approximate surface area is 99.1 Å². The Morgan fingerprint density at radius 2 is 2.29 bits per heavy atom. The summed E-state index contributed by atoms with van der Waals surface area (Å²) in [5.74, 6) is 0.706. The van der Waals surface area contributed by atoms with Gasteiger partial charge in [0, 0.05) is 6.04 Å². The van der Waals surface area contributed by atoms with Gasteiger partial charge in [-0.05, 0) is 38.0 Å². The van der Waals surface area contributed by atoms with Gasteiger partial charge >= 0.3 is 0 Å². The van der Waals surface area contributed by atoms with Crippen molar-refractivity contribution in [3.05, 3.63) is 29.6 Å². The highest BCUT2D eigenvalue weighted by atomic mass is 16.3. The summed E-state index contributed by atoms with van der Waals surface area (Å²) in [5, 5.41) is 18.6. The average Bonchev–Trinajstić information content (AvgIpc) is 3.08. The van der Waals surface area contributed by atoms with Crippen LogP contribution in [0.5, 0.6) is 0 Å². The summed E-state index contributed by atoms with van der Waals surface area (Å²) in [6.07, 6.45) is 1.71. The molecule has 1 fully saturated rings. The molecule has 1 unspecified atom stereocenters. The van der Waals surface area contributed by atoms with Gasteiger partial charge in [-0.3, -0.25) is 0 Å². The first kappa shape index (κ1) is 10.3. The van der Waals surface area contributed by atoms with Gasteiger partial charge in [0.2, 0.25) is 0 Å². The van der Waals surface area contributed by atoms with Crippen LogP contribution in [0.3, 0.4) is 0 Å². The summed E-state index contributed by atoms with van der Waals surface area (Å²) in [6.45, 7) is 1.73. The van der Waals surface area contributed by atoms with Crippen LogP contribution < -0.4 is 0 Å². The standard InChI is InChI=1S/C13H13N3O/c1-8(17)13-15-11-6-9(7-14)2-5-12(11)16(13)10-3-4-10/h2,5-6,8,10,17H,3-4H2,1H3. The quantitative estimate of drug-likeness (QED) is 0.856. The molecule has 1 aromatic heterocycles. The summed E-state index contributed by atoms with van der Waals surface area (Å²) in [5.41, 5.74) is 2.42. The first-order chi connectivity index (χ1) is 8.20. The van der Waals surface area contributed by atoms with Crippen LogP contribution in [0.1, 0.15) is 43.3 Å². The number of nitriles is 1. The molecule has 1 saturated carbocycles. The zero-order valence-electron chi connectivity index (χ0n) is 9.59. The fourth-order valence-electron chi connectivity index (χ4n) is 2.20. The van der Waals surface area contributed by atoms with Gasteiger partial charge in [-0.2, -0.15) is 5.26 Å². The maximum atomic E-state index is 9.76. The lowest BCUT2D eigenvalue weighted by Gasteiger charge is -2.08. The normalized spacial score (nSPS) is 17.0. The van der Waals surface area contributed by atoms with Gasteiger partial charge in [0.05, 0.1) is 22.7 Å². The van der Waals surface area contributed by atoms with Gasteiger partial charge < -0.3 is 9.67 Å². The van der Waals surface area contributed by atoms with Gasteiger partial charge in [-0.25, -0.2) is 4.98 Å². The number of nitrogens with zero attached hydrogens (tertiary/aromatic N) is 3. The highest BCUT2D eigenvalue weighted by Gasteiger charge is 2.29. The van der Waals surface area contributed by atoms with Crippen LogP contribution in [0.4, 0.5) is 0 Å². The van der Waals surface area contributed by atoms with Crippen molar-refractivity contribution in [2.75, 3.05) is 0 Å². The molecule has 1 aliphatic rings. The molecule has 0 saturated heterocycles. The zero-order chi connectivity index (χ0) is 12.0. The zero-order valence-corrected chi connectivity index (χ0v) is 9.59. The van der Waals surface area contributed by atoms with Crippen LogP contribution in [0.2, 0.25) is 0 Å². The third-order valence-electron chi connectivity index (χ3n) is 3.13. The molecule has 1 atom stereocenters. The molecule has 0 spiro atoms. The Balaban J connectivity index is 2.27. The summed E-state index contributed by atoms with van der Waals surface area (Å²) in [7, 11) is 0. The lowest BCUT2D eigenvalue weighted by Crippen LogP contribution is -2.04. The SMILES string of the molecule is CC(O)c1nc2cc(C#N)ccc2n1C1CC1. The number of imidazole rings is 1. The summed E-state index contributed by atoms with van der Waals surface area (Å²) >= 11 is 0. The highest BCUT2D eigenvalue weighted by molar-refractivity contribution is 5.78. The Hall–Kier alpha value is -1.86. The van der Waals surface area contributed by atoms with E-state index in [9.17, 15) is 5.11 Å². The van der Waals surface area contributed by atoms with Crippen LogP contribution in [0.15, 0.2) is 18.2 Å². The van der Waals surface area contributed by atoms with Crippen molar-refractivity contribution in [2.45, 2.75) is 31.9 Å². The summed E-state index contributed by atoms with van der Waals surface area (Å²) in [4.78, 5) is 4.44. The second-order valence-electron chi connectivity index (χ2n) is 4.56. The van der Waals surface area contributed by atoms with E-state index in [1.54, 1.807) is 19.1 Å². The third-order valence-corrected chi connectivity index (χ3v) is 3.13. The maximum absolute atomic E-state index is 9.76. The Bertz CT molecular complexity index is 617. The molecular weight excluding hydrogens is 214 g/mol. The second-order valence-corrected chi connectivity index (χ2v) is 4.56. The van der Waals surface area contributed by atoms with E-state index >= 15 is 0 Å². The van der Waals surface area contributed by atoms with Gasteiger partial charge in [0.1, 0.15) is 11.9 Å². The van der Waals surface area contributed by atoms with E-state index in [0.29, 0.717) is 17.4 Å². The molecule has 4 nitrogen and oxygen atoms in total. The van der Waals surface area contributed by atoms with Crippen molar-refractivity contribution < 1.29 is 5.11 Å². The number of fused-ring (bicyclic) bond motifs is 1. The van der Waals surface area contributed by atoms with Gasteiger partial charge in [0.25, 0.3) is 0 Å². The molecule has 1 N–H and O–H groups in total. The molecule has 0 amide bonds. The molecule has 2 aromatic rings. The molecule has 86 valence electrons. The molecule has 0 aliphatic heterocycles. The van der Waals surface area contributed by atoms with Crippen LogP contribution in [0.25, 0.3) is 11.0 Å². The fraction of sp³-hybridized carbons (Fsp3) is 0.385. The van der Waals surface area contributed by atoms with Crippen LogP contribution in [0, 0.1) is 11.3 Å². The van der Waals surface area contributed by atoms with Gasteiger partial charge in [-0.15, -0.1) is 0 Å². The monoisotopic (exact) mass is 227 g/mol. The maximum Gasteiger partial charge on any atom is 0.138 e. The topological polar surface area (TPSA) is 61.8 Å². The first-order valence-corrected chi connectivity index (χ1v) is 5.80. The smallest absolute Gasteiger partial charge is 0.138 e. The van der Waals surface area contributed by atoms with Crippen molar-refractivity contribution >= 4 is 11.0 Å². The molecule has 0 bridgehead atoms. The third kappa shape index (κ3) is 1.60. The van der Waals surface area contributed by atoms with Gasteiger partial charge in [0.15, 0.2) is 0 Å². The number of hydrogen-bond donors (Lipinski definition) is 1. The van der Waals surface area contributed by atoms with Crippen molar-refractivity contribution in [3.63, 3.8) is 0 Å². The predicted octanol–water partition coefficient (Wildman–Crippen LogP) is 2.30. The van der Waals surface area contributed by atoms with Crippen molar-refractivity contribution in [3.8, 4) is 6.07 Å². The Morgan fingerprint density at radius 3 is 2.88 bits per heavy atom. The fourth-order valence-corrected chi connectivity index (χ4v) is 2.20. The Kier molecular flexibility index (Phi) is 2.17. The molecule has 17 heavy (non-hydrogen) atoms. The minimum atomic E-state index is -0.575. The van der Waals surface area contributed by atoms with Gasteiger partial charge in [-0.1, -0.05) is 0 Å². The lowest BCUT2D eigenvalue weighted by atomic mass is 10.2. The van der Waals surface area contributed by atoms with Crippen molar-refractivity contribution in [2.24, 2.45) is 0 Å². The molecule has 3 rings (SSSR count). The molecule has 0 radical (unpaired) electrons. The van der Waals surface area contributed by atoms with E-state index in [2.05, 4.69) is 15.6 Å². The molecular formula is C13H13N3O. The number of aromatic nitrogens is 2. The molecule has 1 aromatic carbocycles. The average molecular weight is 227 g/mol. The highest BCUT2D eigenvalue weighted by Crippen LogP contribution is 2.39. The van der Waals surface area contributed by atoms with E-state index in [1.165, 1.54) is 0 Å². The summed E-state index contributed by atoms with van der Waals surface area (Å²) < 4.78 is 2.11. The first-order valence-electron chi connectivity index (χ1n) is 5.80. The number of aliphatic hydroxyl groups excluding tert-OH is 1. The van der Waals surface area contributed by atoms with Crippen molar-refractivity contribution in [1.82, 2.24) is 9.55 Å². The second kappa shape index (κ2) is 3.57. The van der Waals surface area contributed by atoms with E-state index in [0.717, 1.165) is 23.9 Å². The van der Waals surface area contributed by atoms with E-state index in [4.69, 9.17) is 5.26 Å². The van der Waals surface area contributed by atoms with Crippen LogP contribution in [-0.4, -0.2) is 14.7 Å². The van der Waals surface area contributed by atoms with Crippen molar-refractivity contribution in [1.29, 1.82) is 5.26 Å². The van der Waals surface area contributed by atoms with E-state index < -0.39 is 6.10 Å². The van der Waals surface area contributed by atoms with E-state index in [1.807, 2.05) is 6.07 Å². The lowest BCUT2D eigenvalue weighted by molar-refractivity contribution is 0.184. The van der Waals surface area contributed by atoms with Crippen LogP contribution in [-0.2, 0) is 0 Å². The summed E-state index contributed by atoms with van der Waals surface area (Å²) in [6, 6.07) is 8.08.